The highest BCUT2D eigenvalue weighted by Crippen LogP contribution is 2.19. The minimum atomic E-state index is 0.376. The van der Waals surface area contributed by atoms with E-state index in [1.54, 1.807) is 12.1 Å². The van der Waals surface area contributed by atoms with Gasteiger partial charge in [0.15, 0.2) is 6.29 Å². The molecule has 0 aliphatic carbocycles. The largest absolute Gasteiger partial charge is 0.487 e. The monoisotopic (exact) mass is 261 g/mol. The van der Waals surface area contributed by atoms with Gasteiger partial charge in [-0.1, -0.05) is 23.7 Å². The van der Waals surface area contributed by atoms with Gasteiger partial charge in [0.1, 0.15) is 18.1 Å². The number of carbonyl (C=O) groups excluding carboxylic acids is 1. The van der Waals surface area contributed by atoms with Gasteiger partial charge in [0.25, 0.3) is 0 Å². The van der Waals surface area contributed by atoms with Crippen molar-refractivity contribution < 1.29 is 9.53 Å². The predicted octanol–water partition coefficient (Wildman–Crippen LogP) is 3.43. The zero-order chi connectivity index (χ0) is 13.0. The van der Waals surface area contributed by atoms with Crippen molar-refractivity contribution >= 4 is 17.9 Å². The van der Waals surface area contributed by atoms with E-state index in [1.807, 2.05) is 25.1 Å². The van der Waals surface area contributed by atoms with Gasteiger partial charge in [0, 0.05) is 10.6 Å². The highest BCUT2D eigenvalue weighted by molar-refractivity contribution is 6.31. The molecule has 0 bridgehead atoms. The first-order chi connectivity index (χ1) is 8.69. The summed E-state index contributed by atoms with van der Waals surface area (Å²) in [6.07, 6.45) is 2.21. The molecule has 0 saturated carbocycles. The Morgan fingerprint density at radius 2 is 2.17 bits per heavy atom. The molecule has 0 amide bonds. The first kappa shape index (κ1) is 12.6. The Balaban J connectivity index is 2.04. The molecule has 0 fully saturated rings. The minimum absolute atomic E-state index is 0.376. The molecule has 4 heteroatoms. The second-order valence-corrected chi connectivity index (χ2v) is 4.33. The number of halogens is 1. The molecule has 1 heterocycles. The van der Waals surface area contributed by atoms with E-state index in [4.69, 9.17) is 16.3 Å². The van der Waals surface area contributed by atoms with E-state index in [9.17, 15) is 4.79 Å². The highest BCUT2D eigenvalue weighted by atomic mass is 35.5. The summed E-state index contributed by atoms with van der Waals surface area (Å²) in [6.45, 7) is 2.36. The van der Waals surface area contributed by atoms with Crippen LogP contribution in [0, 0.1) is 6.92 Å². The Labute approximate surface area is 110 Å². The van der Waals surface area contributed by atoms with Crippen molar-refractivity contribution in [2.75, 3.05) is 0 Å². The first-order valence-electron chi connectivity index (χ1n) is 5.48. The summed E-state index contributed by atoms with van der Waals surface area (Å²) < 4.78 is 5.55. The molecule has 0 saturated heterocycles. The van der Waals surface area contributed by atoms with Crippen LogP contribution < -0.4 is 4.74 Å². The lowest BCUT2D eigenvalue weighted by molar-refractivity contribution is 0.111. The second kappa shape index (κ2) is 5.65. The van der Waals surface area contributed by atoms with Crippen LogP contribution in [0.4, 0.5) is 0 Å². The SMILES string of the molecule is Cc1ccc(COc2ccc(C=O)nc2)c(Cl)c1. The molecule has 92 valence electrons. The first-order valence-corrected chi connectivity index (χ1v) is 5.86. The average Bonchev–Trinajstić information content (AvgIpc) is 2.38. The van der Waals surface area contributed by atoms with Gasteiger partial charge in [-0.15, -0.1) is 0 Å². The van der Waals surface area contributed by atoms with E-state index in [-0.39, 0.29) is 0 Å². The summed E-state index contributed by atoms with van der Waals surface area (Å²) in [5.74, 6) is 0.609. The van der Waals surface area contributed by atoms with E-state index >= 15 is 0 Å². The van der Waals surface area contributed by atoms with Crippen molar-refractivity contribution in [1.82, 2.24) is 4.98 Å². The molecule has 0 spiro atoms. The molecule has 0 aliphatic heterocycles. The number of hydrogen-bond donors (Lipinski definition) is 0. The van der Waals surface area contributed by atoms with Crippen molar-refractivity contribution in [2.45, 2.75) is 13.5 Å². The molecule has 0 atom stereocenters. The van der Waals surface area contributed by atoms with E-state index < -0.39 is 0 Å². The van der Waals surface area contributed by atoms with Gasteiger partial charge in [0.2, 0.25) is 0 Å². The zero-order valence-electron chi connectivity index (χ0n) is 9.89. The van der Waals surface area contributed by atoms with Gasteiger partial charge in [-0.25, -0.2) is 4.98 Å². The van der Waals surface area contributed by atoms with Crippen LogP contribution in [0.25, 0.3) is 0 Å². The maximum absolute atomic E-state index is 10.5. The topological polar surface area (TPSA) is 39.2 Å². The van der Waals surface area contributed by atoms with Gasteiger partial charge in [-0.3, -0.25) is 4.79 Å². The van der Waals surface area contributed by atoms with Crippen molar-refractivity contribution in [2.24, 2.45) is 0 Å². The summed E-state index contributed by atoms with van der Waals surface area (Å²) in [5, 5.41) is 0.687. The molecule has 18 heavy (non-hydrogen) atoms. The fourth-order valence-corrected chi connectivity index (χ4v) is 1.77. The van der Waals surface area contributed by atoms with Gasteiger partial charge in [-0.05, 0) is 30.7 Å². The smallest absolute Gasteiger partial charge is 0.168 e. The average molecular weight is 262 g/mol. The van der Waals surface area contributed by atoms with E-state index in [0.29, 0.717) is 29.4 Å². The summed E-state index contributed by atoms with van der Waals surface area (Å²) in [7, 11) is 0. The standard InChI is InChI=1S/C14H12ClNO2/c1-10-2-3-11(14(15)6-10)9-18-13-5-4-12(8-17)16-7-13/h2-8H,9H2,1H3. The van der Waals surface area contributed by atoms with Gasteiger partial charge in [-0.2, -0.15) is 0 Å². The number of rotatable bonds is 4. The summed E-state index contributed by atoms with van der Waals surface area (Å²) >= 11 is 6.10. The number of benzene rings is 1. The maximum atomic E-state index is 10.5. The molecule has 0 N–H and O–H groups in total. The normalized spacial score (nSPS) is 10.1. The number of hydrogen-bond acceptors (Lipinski definition) is 3. The number of nitrogens with zero attached hydrogens (tertiary/aromatic N) is 1. The Hall–Kier alpha value is -1.87. The highest BCUT2D eigenvalue weighted by Gasteiger charge is 2.02. The van der Waals surface area contributed by atoms with Crippen molar-refractivity contribution in [3.8, 4) is 5.75 Å². The number of ether oxygens (including phenoxy) is 1. The van der Waals surface area contributed by atoms with Crippen LogP contribution in [0.5, 0.6) is 5.75 Å². The van der Waals surface area contributed by atoms with Gasteiger partial charge >= 0.3 is 0 Å². The fraction of sp³-hybridized carbons (Fsp3) is 0.143. The van der Waals surface area contributed by atoms with E-state index in [0.717, 1.165) is 11.1 Å². The van der Waals surface area contributed by atoms with Crippen LogP contribution in [0.1, 0.15) is 21.6 Å². The van der Waals surface area contributed by atoms with E-state index in [1.165, 1.54) is 6.20 Å². The van der Waals surface area contributed by atoms with Crippen LogP contribution in [0.2, 0.25) is 5.02 Å². The lowest BCUT2D eigenvalue weighted by Gasteiger charge is -2.08. The third-order valence-corrected chi connectivity index (χ3v) is 2.83. The van der Waals surface area contributed by atoms with Crippen LogP contribution >= 0.6 is 11.6 Å². The van der Waals surface area contributed by atoms with Crippen molar-refractivity contribution in [3.63, 3.8) is 0 Å². The Morgan fingerprint density at radius 3 is 2.78 bits per heavy atom. The zero-order valence-corrected chi connectivity index (χ0v) is 10.6. The van der Waals surface area contributed by atoms with Crippen molar-refractivity contribution in [3.05, 3.63) is 58.4 Å². The lowest BCUT2D eigenvalue weighted by atomic mass is 10.2. The van der Waals surface area contributed by atoms with Crippen LogP contribution in [0.15, 0.2) is 36.5 Å². The number of pyridine rings is 1. The van der Waals surface area contributed by atoms with Gasteiger partial charge < -0.3 is 4.74 Å². The molecule has 2 rings (SSSR count). The molecule has 1 aromatic carbocycles. The maximum Gasteiger partial charge on any atom is 0.168 e. The predicted molar refractivity (Wildman–Crippen MR) is 70.1 cm³/mol. The number of aryl methyl sites for hydroxylation is 1. The lowest BCUT2D eigenvalue weighted by Crippen LogP contribution is -1.97. The number of aromatic nitrogens is 1. The summed E-state index contributed by atoms with van der Waals surface area (Å²) in [6, 6.07) is 9.13. The molecule has 0 unspecified atom stereocenters. The third kappa shape index (κ3) is 3.08. The summed E-state index contributed by atoms with van der Waals surface area (Å²) in [5.41, 5.74) is 2.42. The van der Waals surface area contributed by atoms with Crippen LogP contribution in [-0.4, -0.2) is 11.3 Å². The Bertz CT molecular complexity index is 552. The van der Waals surface area contributed by atoms with Crippen LogP contribution in [0.3, 0.4) is 0 Å². The van der Waals surface area contributed by atoms with E-state index in [2.05, 4.69) is 4.98 Å². The summed E-state index contributed by atoms with van der Waals surface area (Å²) in [4.78, 5) is 14.4. The Morgan fingerprint density at radius 1 is 1.33 bits per heavy atom. The molecule has 0 aliphatic rings. The van der Waals surface area contributed by atoms with Crippen molar-refractivity contribution in [1.29, 1.82) is 0 Å². The molecular formula is C14H12ClNO2. The van der Waals surface area contributed by atoms with Gasteiger partial charge in [0.05, 0.1) is 6.20 Å². The molecule has 0 radical (unpaired) electrons. The molecule has 2 aromatic rings. The molecule has 1 aromatic heterocycles. The number of aldehydes is 1. The number of carbonyl (C=O) groups is 1. The van der Waals surface area contributed by atoms with Crippen LogP contribution in [-0.2, 0) is 6.61 Å². The molecule has 3 nitrogen and oxygen atoms in total. The Kier molecular flexibility index (Phi) is 3.95. The fourth-order valence-electron chi connectivity index (χ4n) is 1.48. The molecular weight excluding hydrogens is 250 g/mol. The third-order valence-electron chi connectivity index (χ3n) is 2.48. The second-order valence-electron chi connectivity index (χ2n) is 3.92. The minimum Gasteiger partial charge on any atom is -0.487 e. The quantitative estimate of drug-likeness (QED) is 0.792.